The van der Waals surface area contributed by atoms with Crippen LogP contribution in [0.4, 0.5) is 11.6 Å². The maximum atomic E-state index is 7.31. The molecule has 2 aliphatic heterocycles. The molecule has 0 bridgehead atoms. The van der Waals surface area contributed by atoms with E-state index in [1.807, 2.05) is 74.8 Å². The molecule has 2 aromatic carbocycles. The van der Waals surface area contributed by atoms with Crippen LogP contribution in [0.1, 0.15) is 25.0 Å². The second-order valence-electron chi connectivity index (χ2n) is 12.9. The number of fused-ring (bicyclic) bond motifs is 2. The first-order chi connectivity index (χ1) is 25.0. The van der Waals surface area contributed by atoms with E-state index in [1.165, 1.54) is 0 Å². The van der Waals surface area contributed by atoms with Gasteiger partial charge in [0.1, 0.15) is 0 Å². The second-order valence-corrected chi connectivity index (χ2v) is 12.9. The van der Waals surface area contributed by atoms with Crippen molar-refractivity contribution in [3.63, 3.8) is 0 Å². The van der Waals surface area contributed by atoms with E-state index in [2.05, 4.69) is 30.4 Å². The molecule has 0 aliphatic carbocycles. The van der Waals surface area contributed by atoms with Gasteiger partial charge in [0, 0.05) is 138 Å². The van der Waals surface area contributed by atoms with Crippen LogP contribution in [-0.4, -0.2) is 82.3 Å². The summed E-state index contributed by atoms with van der Waals surface area (Å²) in [5.74, 6) is -0.965. The molecule has 6 aromatic rings. The van der Waals surface area contributed by atoms with Crippen molar-refractivity contribution >= 4 is 33.2 Å². The minimum Gasteiger partial charge on any atom is -0.438 e. The maximum absolute atomic E-state index is 7.31. The number of nitrogens with one attached hydrogen (secondary N) is 2. The lowest BCUT2D eigenvalue weighted by Gasteiger charge is -2.41. The highest BCUT2D eigenvalue weighted by Gasteiger charge is 2.45. The molecule has 0 amide bonds. The van der Waals surface area contributed by atoms with Gasteiger partial charge < -0.3 is 29.9 Å². The molecule has 2 unspecified atom stereocenters. The highest BCUT2D eigenvalue weighted by molar-refractivity contribution is 5.83. The van der Waals surface area contributed by atoms with Crippen LogP contribution in [-0.2, 0) is 16.3 Å². The van der Waals surface area contributed by atoms with Crippen molar-refractivity contribution in [1.82, 2.24) is 40.5 Å². The number of ether oxygens (including phenoxy) is 3. The summed E-state index contributed by atoms with van der Waals surface area (Å²) in [6.07, 6.45) is 13.9. The Hall–Kier alpha value is -5.50. The number of hydrogen-bond acceptors (Lipinski definition) is 13. The smallest absolute Gasteiger partial charge is 0.260 e. The van der Waals surface area contributed by atoms with Crippen molar-refractivity contribution in [3.05, 3.63) is 109 Å². The molecule has 0 spiro atoms. The summed E-state index contributed by atoms with van der Waals surface area (Å²) < 4.78 is 21.3. The van der Waals surface area contributed by atoms with Crippen LogP contribution in [0.5, 0.6) is 11.8 Å². The van der Waals surface area contributed by atoms with Crippen LogP contribution in [0.3, 0.4) is 0 Å². The van der Waals surface area contributed by atoms with E-state index < -0.39 is 11.6 Å². The van der Waals surface area contributed by atoms with Gasteiger partial charge in [0.15, 0.2) is 11.6 Å². The average Bonchev–Trinajstić information content (AvgIpc) is 3.18. The van der Waals surface area contributed by atoms with Crippen molar-refractivity contribution in [3.8, 4) is 11.8 Å². The third kappa shape index (κ3) is 6.83. The number of pyridine rings is 2. The number of piperazine rings is 2. The Morgan fingerprint density at radius 2 is 0.961 bits per heavy atom. The largest absolute Gasteiger partial charge is 0.438 e. The first kappa shape index (κ1) is 32.7. The molecule has 0 saturated carbocycles. The van der Waals surface area contributed by atoms with Gasteiger partial charge in [-0.05, 0) is 35.0 Å². The van der Waals surface area contributed by atoms with Gasteiger partial charge in [-0.3, -0.25) is 14.7 Å². The van der Waals surface area contributed by atoms with E-state index in [0.29, 0.717) is 23.4 Å². The summed E-state index contributed by atoms with van der Waals surface area (Å²) in [5.41, 5.74) is 1.47. The van der Waals surface area contributed by atoms with Crippen molar-refractivity contribution < 1.29 is 14.2 Å². The molecule has 2 N–H and O–H groups in total. The first-order valence-electron chi connectivity index (χ1n) is 17.3. The molecule has 0 radical (unpaired) electrons. The average molecular weight is 685 g/mol. The zero-order valence-corrected chi connectivity index (χ0v) is 28.7. The molecule has 260 valence electrons. The standard InChI is InChI=1S/C38H40N10O3/c1-37(31-5-3-27-7-9-41-25-29(27)23-31,49-35-33(43-11-13-45-35)47-19-15-39-16-20-47)51-38(2,32-6-4-28-8-10-42-26-30(28)24-32)50-36-34(44-12-14-46-36)48-21-17-40-18-22-48/h3-14,23-26,39-40H,15-22H2,1-2H3. The summed E-state index contributed by atoms with van der Waals surface area (Å²) in [6.45, 7) is 10.2. The van der Waals surface area contributed by atoms with E-state index in [9.17, 15) is 0 Å². The second kappa shape index (κ2) is 14.0. The molecular formula is C38H40N10O3. The number of anilines is 2. The Labute approximate surface area is 296 Å². The van der Waals surface area contributed by atoms with Crippen LogP contribution in [0.15, 0.2) is 98.1 Å². The summed E-state index contributed by atoms with van der Waals surface area (Å²) in [5, 5.41) is 10.8. The van der Waals surface area contributed by atoms with Crippen molar-refractivity contribution in [2.75, 3.05) is 62.2 Å². The molecule has 2 atom stereocenters. The van der Waals surface area contributed by atoms with Gasteiger partial charge in [-0.2, -0.15) is 0 Å². The zero-order valence-electron chi connectivity index (χ0n) is 28.7. The SMILES string of the molecule is CC(Oc1nccnc1N1CCNCC1)(OC(C)(Oc1nccnc1N1CCNCC1)c1ccc2ccncc2c1)c1ccc2ccncc2c1. The fraction of sp³-hybridized carbons (Fsp3) is 0.316. The fourth-order valence-corrected chi connectivity index (χ4v) is 6.72. The lowest BCUT2D eigenvalue weighted by Crippen LogP contribution is -2.47. The van der Waals surface area contributed by atoms with Gasteiger partial charge in [-0.25, -0.2) is 19.9 Å². The zero-order chi connectivity index (χ0) is 34.7. The third-order valence-electron chi connectivity index (χ3n) is 9.43. The van der Waals surface area contributed by atoms with Crippen LogP contribution in [0.2, 0.25) is 0 Å². The molecule has 2 fully saturated rings. The number of rotatable bonds is 10. The van der Waals surface area contributed by atoms with Crippen LogP contribution in [0.25, 0.3) is 21.5 Å². The van der Waals surface area contributed by atoms with Gasteiger partial charge in [-0.15, -0.1) is 0 Å². The first-order valence-corrected chi connectivity index (χ1v) is 17.3. The highest BCUT2D eigenvalue weighted by Crippen LogP contribution is 2.43. The van der Waals surface area contributed by atoms with E-state index in [4.69, 9.17) is 34.1 Å². The lowest BCUT2D eigenvalue weighted by atomic mass is 10.00. The fourth-order valence-electron chi connectivity index (χ4n) is 6.72. The Bertz CT molecular complexity index is 1990. The summed E-state index contributed by atoms with van der Waals surface area (Å²) >= 11 is 0. The van der Waals surface area contributed by atoms with Crippen molar-refractivity contribution in [2.24, 2.45) is 0 Å². The third-order valence-corrected chi connectivity index (χ3v) is 9.43. The monoisotopic (exact) mass is 684 g/mol. The van der Waals surface area contributed by atoms with Crippen LogP contribution in [0, 0.1) is 0 Å². The maximum Gasteiger partial charge on any atom is 0.260 e. The summed E-state index contributed by atoms with van der Waals surface area (Å²) in [4.78, 5) is 32.0. The molecule has 8 rings (SSSR count). The molecule has 13 heteroatoms. The molecule has 4 aromatic heterocycles. The number of aromatic nitrogens is 6. The van der Waals surface area contributed by atoms with Crippen LogP contribution >= 0.6 is 0 Å². The molecule has 13 nitrogen and oxygen atoms in total. The van der Waals surface area contributed by atoms with E-state index in [0.717, 1.165) is 85.0 Å². The Balaban J connectivity index is 1.27. The van der Waals surface area contributed by atoms with Crippen LogP contribution < -0.4 is 29.9 Å². The predicted molar refractivity (Wildman–Crippen MR) is 195 cm³/mol. The minimum absolute atomic E-state index is 0.347. The minimum atomic E-state index is -1.47. The molecule has 6 heterocycles. The van der Waals surface area contributed by atoms with Gasteiger partial charge in [-0.1, -0.05) is 24.3 Å². The highest BCUT2D eigenvalue weighted by atomic mass is 16.8. The topological polar surface area (TPSA) is 136 Å². The Morgan fingerprint density at radius 3 is 1.41 bits per heavy atom. The lowest BCUT2D eigenvalue weighted by molar-refractivity contribution is -0.313. The summed E-state index contributed by atoms with van der Waals surface area (Å²) in [7, 11) is 0. The predicted octanol–water partition coefficient (Wildman–Crippen LogP) is 4.40. The van der Waals surface area contributed by atoms with Crippen molar-refractivity contribution in [1.29, 1.82) is 0 Å². The number of hydrogen-bond donors (Lipinski definition) is 2. The normalized spacial score (nSPS) is 17.5. The van der Waals surface area contributed by atoms with E-state index in [-0.39, 0.29) is 0 Å². The van der Waals surface area contributed by atoms with Gasteiger partial charge >= 0.3 is 0 Å². The molecular weight excluding hydrogens is 644 g/mol. The van der Waals surface area contributed by atoms with E-state index >= 15 is 0 Å². The van der Waals surface area contributed by atoms with Gasteiger partial charge in [0.05, 0.1) is 0 Å². The van der Waals surface area contributed by atoms with Gasteiger partial charge in [0.2, 0.25) is 11.6 Å². The Morgan fingerprint density at radius 1 is 0.529 bits per heavy atom. The molecule has 2 aliphatic rings. The number of benzene rings is 2. The Kier molecular flexibility index (Phi) is 8.99. The molecule has 51 heavy (non-hydrogen) atoms. The number of nitrogens with zero attached hydrogens (tertiary/aromatic N) is 8. The van der Waals surface area contributed by atoms with E-state index in [1.54, 1.807) is 37.2 Å². The quantitative estimate of drug-likeness (QED) is 0.198. The van der Waals surface area contributed by atoms with Crippen molar-refractivity contribution in [2.45, 2.75) is 25.4 Å². The van der Waals surface area contributed by atoms with Gasteiger partial charge in [0.25, 0.3) is 11.8 Å². The molecule has 2 saturated heterocycles. The summed E-state index contributed by atoms with van der Waals surface area (Å²) in [6, 6.07) is 16.1.